The zero-order valence-corrected chi connectivity index (χ0v) is 8.59. The Bertz CT molecular complexity index is 339. The average Bonchev–Trinajstić information content (AvgIpc) is 2.26. The van der Waals surface area contributed by atoms with Crippen molar-refractivity contribution in [2.24, 2.45) is 11.1 Å². The van der Waals surface area contributed by atoms with Gasteiger partial charge in [0.2, 0.25) is 0 Å². The van der Waals surface area contributed by atoms with Gasteiger partial charge in [0.05, 0.1) is 0 Å². The van der Waals surface area contributed by atoms with E-state index in [-0.39, 0.29) is 11.5 Å². The first-order chi connectivity index (χ1) is 6.00. The van der Waals surface area contributed by atoms with Gasteiger partial charge in [0, 0.05) is 6.04 Å². The molecule has 1 heteroatoms. The molecule has 1 aliphatic rings. The number of aryl methyl sites for hydroxylation is 1. The summed E-state index contributed by atoms with van der Waals surface area (Å²) < 4.78 is 0. The highest BCUT2D eigenvalue weighted by Crippen LogP contribution is 2.43. The molecule has 1 aromatic carbocycles. The van der Waals surface area contributed by atoms with Gasteiger partial charge in [-0.1, -0.05) is 37.6 Å². The van der Waals surface area contributed by atoms with Crippen molar-refractivity contribution >= 4 is 0 Å². The van der Waals surface area contributed by atoms with Crippen molar-refractivity contribution < 1.29 is 0 Å². The van der Waals surface area contributed by atoms with Crippen molar-refractivity contribution in [3.63, 3.8) is 0 Å². The lowest BCUT2D eigenvalue weighted by Crippen LogP contribution is -2.24. The number of rotatable bonds is 0. The Morgan fingerprint density at radius 1 is 1.38 bits per heavy atom. The van der Waals surface area contributed by atoms with Crippen molar-refractivity contribution in [2.45, 2.75) is 33.2 Å². The second-order valence-corrected chi connectivity index (χ2v) is 4.85. The summed E-state index contributed by atoms with van der Waals surface area (Å²) in [5.74, 6) is 0. The smallest absolute Gasteiger partial charge is 0.0352 e. The number of benzene rings is 1. The first-order valence-electron chi connectivity index (χ1n) is 4.86. The molecule has 1 atom stereocenters. The van der Waals surface area contributed by atoms with Crippen LogP contribution in [0.5, 0.6) is 0 Å². The van der Waals surface area contributed by atoms with Gasteiger partial charge in [-0.2, -0.15) is 0 Å². The molecule has 0 fully saturated rings. The monoisotopic (exact) mass is 175 g/mol. The average molecular weight is 175 g/mol. The third kappa shape index (κ3) is 1.28. The van der Waals surface area contributed by atoms with Gasteiger partial charge in [0.15, 0.2) is 0 Å². The maximum Gasteiger partial charge on any atom is 0.0352 e. The molecule has 0 saturated carbocycles. The van der Waals surface area contributed by atoms with Crippen LogP contribution in [0.1, 0.15) is 36.6 Å². The molecule has 13 heavy (non-hydrogen) atoms. The van der Waals surface area contributed by atoms with Crippen LogP contribution in [-0.2, 0) is 6.42 Å². The van der Waals surface area contributed by atoms with Crippen LogP contribution in [0.15, 0.2) is 18.2 Å². The fraction of sp³-hybridized carbons (Fsp3) is 0.500. The predicted molar refractivity (Wildman–Crippen MR) is 55.6 cm³/mol. The molecule has 1 unspecified atom stereocenters. The summed E-state index contributed by atoms with van der Waals surface area (Å²) in [4.78, 5) is 0. The van der Waals surface area contributed by atoms with E-state index in [0.29, 0.717) is 0 Å². The summed E-state index contributed by atoms with van der Waals surface area (Å²) >= 11 is 0. The van der Waals surface area contributed by atoms with Gasteiger partial charge in [-0.15, -0.1) is 0 Å². The maximum absolute atomic E-state index is 6.19. The summed E-state index contributed by atoms with van der Waals surface area (Å²) in [5, 5.41) is 0. The SMILES string of the molecule is Cc1ccc2c(c1)C(N)C(C)(C)C2. The lowest BCUT2D eigenvalue weighted by molar-refractivity contribution is 0.319. The summed E-state index contributed by atoms with van der Waals surface area (Å²) in [5.41, 5.74) is 10.5. The fourth-order valence-electron chi connectivity index (χ4n) is 2.19. The van der Waals surface area contributed by atoms with E-state index in [1.54, 1.807) is 0 Å². The van der Waals surface area contributed by atoms with Crippen molar-refractivity contribution in [1.82, 2.24) is 0 Å². The molecule has 0 aromatic heterocycles. The van der Waals surface area contributed by atoms with E-state index in [1.165, 1.54) is 16.7 Å². The molecule has 2 N–H and O–H groups in total. The van der Waals surface area contributed by atoms with Crippen LogP contribution in [0, 0.1) is 12.3 Å². The first-order valence-corrected chi connectivity index (χ1v) is 4.86. The Kier molecular flexibility index (Phi) is 1.74. The van der Waals surface area contributed by atoms with Gasteiger partial charge in [0.25, 0.3) is 0 Å². The van der Waals surface area contributed by atoms with Crippen LogP contribution < -0.4 is 5.73 Å². The summed E-state index contributed by atoms with van der Waals surface area (Å²) in [6.07, 6.45) is 1.11. The molecule has 1 aliphatic carbocycles. The summed E-state index contributed by atoms with van der Waals surface area (Å²) in [6.45, 7) is 6.61. The third-order valence-corrected chi connectivity index (χ3v) is 3.12. The molecule has 0 amide bonds. The van der Waals surface area contributed by atoms with E-state index in [1.807, 2.05) is 0 Å². The minimum absolute atomic E-state index is 0.211. The summed E-state index contributed by atoms with van der Waals surface area (Å²) in [7, 11) is 0. The molecule has 0 aliphatic heterocycles. The molecule has 70 valence electrons. The number of hydrogen-bond acceptors (Lipinski definition) is 1. The lowest BCUT2D eigenvalue weighted by atomic mass is 9.86. The van der Waals surface area contributed by atoms with E-state index in [9.17, 15) is 0 Å². The number of nitrogens with two attached hydrogens (primary N) is 1. The zero-order valence-electron chi connectivity index (χ0n) is 8.59. The number of hydrogen-bond donors (Lipinski definition) is 1. The Labute approximate surface area is 80.0 Å². The van der Waals surface area contributed by atoms with Crippen LogP contribution in [0.25, 0.3) is 0 Å². The highest BCUT2D eigenvalue weighted by Gasteiger charge is 2.35. The Morgan fingerprint density at radius 2 is 2.08 bits per heavy atom. The highest BCUT2D eigenvalue weighted by atomic mass is 14.7. The minimum atomic E-state index is 0.211. The van der Waals surface area contributed by atoms with E-state index in [0.717, 1.165) is 6.42 Å². The second-order valence-electron chi connectivity index (χ2n) is 4.85. The second kappa shape index (κ2) is 2.58. The summed E-state index contributed by atoms with van der Waals surface area (Å²) in [6, 6.07) is 6.84. The molecular formula is C12H17N. The Hall–Kier alpha value is -0.820. The molecule has 0 bridgehead atoms. The molecule has 1 nitrogen and oxygen atoms in total. The van der Waals surface area contributed by atoms with Crippen molar-refractivity contribution in [3.8, 4) is 0 Å². The van der Waals surface area contributed by atoms with Crippen LogP contribution in [0.3, 0.4) is 0 Å². The molecule has 2 rings (SSSR count). The van der Waals surface area contributed by atoms with Crippen LogP contribution in [0.2, 0.25) is 0 Å². The highest BCUT2D eigenvalue weighted by molar-refractivity contribution is 5.39. The third-order valence-electron chi connectivity index (χ3n) is 3.12. The maximum atomic E-state index is 6.19. The van der Waals surface area contributed by atoms with Gasteiger partial charge in [-0.25, -0.2) is 0 Å². The molecular weight excluding hydrogens is 158 g/mol. The van der Waals surface area contributed by atoms with Gasteiger partial charge in [0.1, 0.15) is 0 Å². The van der Waals surface area contributed by atoms with E-state index in [4.69, 9.17) is 5.73 Å². The van der Waals surface area contributed by atoms with Gasteiger partial charge in [-0.3, -0.25) is 0 Å². The zero-order chi connectivity index (χ0) is 9.64. The first kappa shape index (κ1) is 8.76. The minimum Gasteiger partial charge on any atom is -0.323 e. The predicted octanol–water partition coefficient (Wildman–Crippen LogP) is 2.58. The normalized spacial score (nSPS) is 24.5. The van der Waals surface area contributed by atoms with Crippen LogP contribution in [-0.4, -0.2) is 0 Å². The molecule has 0 heterocycles. The van der Waals surface area contributed by atoms with Crippen molar-refractivity contribution in [3.05, 3.63) is 34.9 Å². The van der Waals surface area contributed by atoms with Crippen molar-refractivity contribution in [2.75, 3.05) is 0 Å². The topological polar surface area (TPSA) is 26.0 Å². The lowest BCUT2D eigenvalue weighted by Gasteiger charge is -2.23. The van der Waals surface area contributed by atoms with Crippen molar-refractivity contribution in [1.29, 1.82) is 0 Å². The Balaban J connectivity index is 2.51. The molecule has 0 radical (unpaired) electrons. The molecule has 0 saturated heterocycles. The van der Waals surface area contributed by atoms with Crippen LogP contribution in [0.4, 0.5) is 0 Å². The van der Waals surface area contributed by atoms with Crippen LogP contribution >= 0.6 is 0 Å². The standard InChI is InChI=1S/C12H17N/c1-8-4-5-9-7-12(2,3)11(13)10(9)6-8/h4-6,11H,7,13H2,1-3H3. The van der Waals surface area contributed by atoms with Gasteiger partial charge < -0.3 is 5.73 Å². The largest absolute Gasteiger partial charge is 0.323 e. The van der Waals surface area contributed by atoms with E-state index < -0.39 is 0 Å². The van der Waals surface area contributed by atoms with Gasteiger partial charge in [-0.05, 0) is 29.9 Å². The molecule has 0 spiro atoms. The quantitative estimate of drug-likeness (QED) is 0.644. The Morgan fingerprint density at radius 3 is 2.77 bits per heavy atom. The van der Waals surface area contributed by atoms with E-state index >= 15 is 0 Å². The fourth-order valence-corrected chi connectivity index (χ4v) is 2.19. The van der Waals surface area contributed by atoms with E-state index in [2.05, 4.69) is 39.0 Å². The molecule has 1 aromatic rings. The number of fused-ring (bicyclic) bond motifs is 1. The van der Waals surface area contributed by atoms with Gasteiger partial charge >= 0.3 is 0 Å².